The summed E-state index contributed by atoms with van der Waals surface area (Å²) in [7, 11) is 0. The number of hydrogen-bond donors (Lipinski definition) is 2. The third-order valence-electron chi connectivity index (χ3n) is 3.91. The summed E-state index contributed by atoms with van der Waals surface area (Å²) in [5, 5.41) is 10.4. The number of nitrogens with zero attached hydrogens (tertiary/aromatic N) is 2. The third kappa shape index (κ3) is 4.37. The van der Waals surface area contributed by atoms with Crippen LogP contribution in [0, 0.1) is 5.92 Å². The average Bonchev–Trinajstić information content (AvgIpc) is 3.27. The van der Waals surface area contributed by atoms with Crippen molar-refractivity contribution in [2.75, 3.05) is 25.0 Å². The number of rotatable bonds is 5. The number of aromatic nitrogens is 2. The lowest BCUT2D eigenvalue weighted by Gasteiger charge is -2.13. The minimum atomic E-state index is -0.463. The quantitative estimate of drug-likeness (QED) is 0.793. The first kappa shape index (κ1) is 19.0. The first-order valence-electron chi connectivity index (χ1n) is 8.03. The van der Waals surface area contributed by atoms with E-state index in [-0.39, 0.29) is 29.9 Å². The first-order valence-corrected chi connectivity index (χ1v) is 8.03. The van der Waals surface area contributed by atoms with Crippen LogP contribution >= 0.6 is 12.4 Å². The van der Waals surface area contributed by atoms with Gasteiger partial charge in [-0.3, -0.25) is 4.79 Å². The highest BCUT2D eigenvalue weighted by atomic mass is 35.5. The standard InChI is InChI=1S/C17H20N4O3.ClH/c1-2-24-17(23)14-8-10-21(20-14)15-6-4-3-5-13(15)19-16(22)12-7-9-18-11-12;/h3-6,8,10,12,18H,2,7,9,11H2,1H3,(H,19,22);1H. The van der Waals surface area contributed by atoms with Crippen LogP contribution in [0.3, 0.4) is 0 Å². The Bertz CT molecular complexity index is 741. The number of hydrogen-bond acceptors (Lipinski definition) is 5. The van der Waals surface area contributed by atoms with Gasteiger partial charge in [-0.15, -0.1) is 12.4 Å². The van der Waals surface area contributed by atoms with Crippen LogP contribution in [0.25, 0.3) is 5.69 Å². The fraction of sp³-hybridized carbons (Fsp3) is 0.353. The van der Waals surface area contributed by atoms with E-state index in [0.717, 1.165) is 13.0 Å². The number of esters is 1. The van der Waals surface area contributed by atoms with Gasteiger partial charge in [-0.2, -0.15) is 5.10 Å². The zero-order chi connectivity index (χ0) is 16.9. The second-order valence-corrected chi connectivity index (χ2v) is 5.56. The summed E-state index contributed by atoms with van der Waals surface area (Å²) in [4.78, 5) is 24.1. The van der Waals surface area contributed by atoms with Crippen LogP contribution < -0.4 is 10.6 Å². The highest BCUT2D eigenvalue weighted by Gasteiger charge is 2.23. The maximum absolute atomic E-state index is 12.3. The molecule has 0 saturated carbocycles. The molecule has 8 heteroatoms. The molecule has 1 aromatic carbocycles. The minimum Gasteiger partial charge on any atom is -0.461 e. The molecule has 2 aromatic rings. The Balaban J connectivity index is 0.00000225. The summed E-state index contributed by atoms with van der Waals surface area (Å²) >= 11 is 0. The molecule has 0 radical (unpaired) electrons. The molecule has 3 rings (SSSR count). The van der Waals surface area contributed by atoms with Crippen molar-refractivity contribution >= 4 is 30.0 Å². The van der Waals surface area contributed by atoms with Crippen LogP contribution in [0.15, 0.2) is 36.5 Å². The van der Waals surface area contributed by atoms with Gasteiger partial charge in [-0.1, -0.05) is 12.1 Å². The summed E-state index contributed by atoms with van der Waals surface area (Å²) in [5.74, 6) is -0.495. The molecule has 2 heterocycles. The predicted molar refractivity (Wildman–Crippen MR) is 96.4 cm³/mol. The number of para-hydroxylation sites is 2. The summed E-state index contributed by atoms with van der Waals surface area (Å²) in [5.41, 5.74) is 1.60. The van der Waals surface area contributed by atoms with Gasteiger partial charge in [0, 0.05) is 12.7 Å². The topological polar surface area (TPSA) is 85.2 Å². The predicted octanol–water partition coefficient (Wildman–Crippen LogP) is 2.02. The Kier molecular flexibility index (Phi) is 6.55. The molecule has 0 bridgehead atoms. The van der Waals surface area contributed by atoms with Crippen LogP contribution in [0.2, 0.25) is 0 Å². The van der Waals surface area contributed by atoms with Crippen molar-refractivity contribution < 1.29 is 14.3 Å². The lowest BCUT2D eigenvalue weighted by molar-refractivity contribution is -0.119. The molecule has 1 saturated heterocycles. The maximum atomic E-state index is 12.3. The minimum absolute atomic E-state index is 0. The normalized spacial score (nSPS) is 16.1. The number of halogens is 1. The fourth-order valence-electron chi connectivity index (χ4n) is 2.66. The molecule has 1 aliphatic rings. The fourth-order valence-corrected chi connectivity index (χ4v) is 2.66. The van der Waals surface area contributed by atoms with Crippen LogP contribution in [0.4, 0.5) is 5.69 Å². The molecule has 1 amide bonds. The van der Waals surface area contributed by atoms with Gasteiger partial charge in [-0.05, 0) is 38.1 Å². The van der Waals surface area contributed by atoms with E-state index in [4.69, 9.17) is 4.74 Å². The number of nitrogens with one attached hydrogen (secondary N) is 2. The molecule has 25 heavy (non-hydrogen) atoms. The van der Waals surface area contributed by atoms with Gasteiger partial charge in [0.1, 0.15) is 0 Å². The molecule has 134 valence electrons. The van der Waals surface area contributed by atoms with Gasteiger partial charge >= 0.3 is 5.97 Å². The van der Waals surface area contributed by atoms with Gasteiger partial charge in [0.15, 0.2) is 5.69 Å². The Morgan fingerprint density at radius 2 is 2.16 bits per heavy atom. The Labute approximate surface area is 152 Å². The van der Waals surface area contributed by atoms with Gasteiger partial charge in [-0.25, -0.2) is 9.48 Å². The monoisotopic (exact) mass is 364 g/mol. The van der Waals surface area contributed by atoms with Crippen LogP contribution in [-0.2, 0) is 9.53 Å². The smallest absolute Gasteiger partial charge is 0.358 e. The SMILES string of the molecule is CCOC(=O)c1ccn(-c2ccccc2NC(=O)C2CCNC2)n1.Cl. The third-order valence-corrected chi connectivity index (χ3v) is 3.91. The Hall–Kier alpha value is -2.38. The van der Waals surface area contributed by atoms with E-state index in [1.807, 2.05) is 24.3 Å². The number of benzene rings is 1. The van der Waals surface area contributed by atoms with Crippen molar-refractivity contribution in [3.8, 4) is 5.69 Å². The molecule has 1 unspecified atom stereocenters. The van der Waals surface area contributed by atoms with E-state index >= 15 is 0 Å². The Morgan fingerprint density at radius 1 is 1.36 bits per heavy atom. The molecular weight excluding hydrogens is 344 g/mol. The van der Waals surface area contributed by atoms with Crippen molar-refractivity contribution in [2.45, 2.75) is 13.3 Å². The van der Waals surface area contributed by atoms with Crippen molar-refractivity contribution in [3.05, 3.63) is 42.2 Å². The maximum Gasteiger partial charge on any atom is 0.358 e. The molecule has 1 aromatic heterocycles. The molecule has 2 N–H and O–H groups in total. The molecule has 7 nitrogen and oxygen atoms in total. The van der Waals surface area contributed by atoms with Crippen LogP contribution in [0.5, 0.6) is 0 Å². The lowest BCUT2D eigenvalue weighted by Crippen LogP contribution is -2.25. The summed E-state index contributed by atoms with van der Waals surface area (Å²) in [6.45, 7) is 3.61. The number of amides is 1. The molecule has 0 spiro atoms. The average molecular weight is 365 g/mol. The number of carbonyl (C=O) groups excluding carboxylic acids is 2. The van der Waals surface area contributed by atoms with Gasteiger partial charge in [0.05, 0.1) is 23.9 Å². The zero-order valence-corrected chi connectivity index (χ0v) is 14.7. The van der Waals surface area contributed by atoms with E-state index in [1.54, 1.807) is 23.9 Å². The highest BCUT2D eigenvalue weighted by Crippen LogP contribution is 2.21. The molecule has 1 aliphatic heterocycles. The van der Waals surface area contributed by atoms with Gasteiger partial charge in [0.25, 0.3) is 0 Å². The summed E-state index contributed by atoms with van der Waals surface area (Å²) in [6, 6.07) is 8.96. The molecule has 0 aliphatic carbocycles. The number of carbonyl (C=O) groups is 2. The zero-order valence-electron chi connectivity index (χ0n) is 13.9. The van der Waals surface area contributed by atoms with E-state index in [1.165, 1.54) is 0 Å². The number of anilines is 1. The second kappa shape index (κ2) is 8.64. The summed E-state index contributed by atoms with van der Waals surface area (Å²) in [6.07, 6.45) is 2.51. The largest absolute Gasteiger partial charge is 0.461 e. The van der Waals surface area contributed by atoms with Crippen molar-refractivity contribution in [3.63, 3.8) is 0 Å². The lowest BCUT2D eigenvalue weighted by atomic mass is 10.1. The Morgan fingerprint density at radius 3 is 2.88 bits per heavy atom. The van der Waals surface area contributed by atoms with Crippen molar-refractivity contribution in [1.82, 2.24) is 15.1 Å². The van der Waals surface area contributed by atoms with Crippen LogP contribution in [0.1, 0.15) is 23.8 Å². The first-order chi connectivity index (χ1) is 11.7. The molecule has 1 fully saturated rings. The summed E-state index contributed by atoms with van der Waals surface area (Å²) < 4.78 is 6.51. The van der Waals surface area contributed by atoms with E-state index in [2.05, 4.69) is 15.7 Å². The molecule has 1 atom stereocenters. The van der Waals surface area contributed by atoms with E-state index in [0.29, 0.717) is 24.5 Å². The van der Waals surface area contributed by atoms with Crippen molar-refractivity contribution in [2.24, 2.45) is 5.92 Å². The van der Waals surface area contributed by atoms with Gasteiger partial charge < -0.3 is 15.4 Å². The number of ether oxygens (including phenoxy) is 1. The van der Waals surface area contributed by atoms with Crippen molar-refractivity contribution in [1.29, 1.82) is 0 Å². The van der Waals surface area contributed by atoms with E-state index in [9.17, 15) is 9.59 Å². The highest BCUT2D eigenvalue weighted by molar-refractivity contribution is 5.94. The second-order valence-electron chi connectivity index (χ2n) is 5.56. The van der Waals surface area contributed by atoms with Gasteiger partial charge in [0.2, 0.25) is 5.91 Å². The van der Waals surface area contributed by atoms with Crippen LogP contribution in [-0.4, -0.2) is 41.4 Å². The van der Waals surface area contributed by atoms with E-state index < -0.39 is 5.97 Å². The molecular formula is C17H21ClN4O3.